The van der Waals surface area contributed by atoms with Gasteiger partial charge in [0.1, 0.15) is 0 Å². The molecule has 4 aliphatic rings. The van der Waals surface area contributed by atoms with Gasteiger partial charge in [0.25, 0.3) is 0 Å². The smallest absolute Gasteiger partial charge is 0.332 e. The normalized spacial score (nSPS) is 50.7. The van der Waals surface area contributed by atoms with Gasteiger partial charge >= 0.3 is 6.03 Å². The average molecular weight is 348 g/mol. The highest BCUT2D eigenvalue weighted by Gasteiger charge is 2.59. The van der Waals surface area contributed by atoms with E-state index in [4.69, 9.17) is 5.73 Å². The number of rotatable bonds is 1. The van der Waals surface area contributed by atoms with Crippen LogP contribution in [0.4, 0.5) is 4.79 Å². The minimum Gasteiger partial charge on any atom is -0.393 e. The Morgan fingerprint density at radius 1 is 1.16 bits per heavy atom. The van der Waals surface area contributed by atoms with Crippen LogP contribution >= 0.6 is 0 Å². The first-order chi connectivity index (χ1) is 11.8. The van der Waals surface area contributed by atoms with Crippen molar-refractivity contribution in [1.82, 2.24) is 5.43 Å². The first-order valence-corrected chi connectivity index (χ1v) is 10.1. The first kappa shape index (κ1) is 17.3. The van der Waals surface area contributed by atoms with E-state index in [2.05, 4.69) is 24.4 Å². The van der Waals surface area contributed by atoms with E-state index in [1.165, 1.54) is 38.5 Å². The molecule has 0 heterocycles. The minimum absolute atomic E-state index is 0.0754. The summed E-state index contributed by atoms with van der Waals surface area (Å²) < 4.78 is 0. The Morgan fingerprint density at radius 2 is 1.96 bits per heavy atom. The maximum atomic E-state index is 11.1. The zero-order valence-corrected chi connectivity index (χ0v) is 15.6. The summed E-state index contributed by atoms with van der Waals surface area (Å²) in [6.07, 6.45) is 10.3. The third-order valence-electron chi connectivity index (χ3n) is 8.68. The molecule has 0 aromatic heterocycles. The van der Waals surface area contributed by atoms with E-state index >= 15 is 0 Å². The van der Waals surface area contributed by atoms with Gasteiger partial charge in [0.05, 0.1) is 6.10 Å². The molecule has 0 aromatic carbocycles. The molecule has 4 fully saturated rings. The van der Waals surface area contributed by atoms with Crippen LogP contribution in [0.25, 0.3) is 0 Å². The molecule has 4 rings (SSSR count). The summed E-state index contributed by atoms with van der Waals surface area (Å²) in [6, 6.07) is -0.568. The lowest BCUT2D eigenvalue weighted by molar-refractivity contribution is -0.113. The molecule has 0 radical (unpaired) electrons. The summed E-state index contributed by atoms with van der Waals surface area (Å²) in [7, 11) is 0. The number of amides is 2. The Kier molecular flexibility index (Phi) is 4.13. The fraction of sp³-hybridized carbons (Fsp3) is 0.900. The highest BCUT2D eigenvalue weighted by Crippen LogP contribution is 2.65. The lowest BCUT2D eigenvalue weighted by atomic mass is 9.45. The summed E-state index contributed by atoms with van der Waals surface area (Å²) in [4.78, 5) is 11.1. The number of aliphatic hydroxyl groups is 1. The summed E-state index contributed by atoms with van der Waals surface area (Å²) in [5, 5.41) is 14.5. The van der Waals surface area contributed by atoms with E-state index in [1.54, 1.807) is 0 Å². The van der Waals surface area contributed by atoms with Gasteiger partial charge in [0, 0.05) is 11.1 Å². The number of primary amides is 1. The molecular formula is C20H33N3O2. The van der Waals surface area contributed by atoms with Crippen LogP contribution in [0.2, 0.25) is 0 Å². The predicted molar refractivity (Wildman–Crippen MR) is 97.9 cm³/mol. The number of hydrazone groups is 1. The van der Waals surface area contributed by atoms with E-state index in [0.29, 0.717) is 17.3 Å². The quantitative estimate of drug-likeness (QED) is 0.635. The van der Waals surface area contributed by atoms with Crippen molar-refractivity contribution in [3.05, 3.63) is 0 Å². The Morgan fingerprint density at radius 3 is 2.72 bits per heavy atom. The lowest BCUT2D eigenvalue weighted by Gasteiger charge is -2.60. The maximum absolute atomic E-state index is 11.1. The number of urea groups is 1. The molecule has 0 aromatic rings. The summed E-state index contributed by atoms with van der Waals surface area (Å²) in [5.41, 5.74) is 9.38. The van der Waals surface area contributed by atoms with Crippen molar-refractivity contribution in [3.8, 4) is 0 Å². The molecule has 4 aliphatic carbocycles. The maximum Gasteiger partial charge on any atom is 0.332 e. The SMILES string of the molecule is C[C@]12CC[C@@H](O)C[C@@H]1CC[C@H]1[C@H]3CC/C(=N/NC(N)=O)[C@@]3(C)CC[C@@H]12. The van der Waals surface area contributed by atoms with Gasteiger partial charge in [0.2, 0.25) is 0 Å². The number of nitrogens with two attached hydrogens (primary N) is 1. The molecule has 140 valence electrons. The van der Waals surface area contributed by atoms with Crippen LogP contribution in [0.1, 0.15) is 71.6 Å². The molecule has 5 heteroatoms. The van der Waals surface area contributed by atoms with Gasteiger partial charge in [-0.1, -0.05) is 13.8 Å². The van der Waals surface area contributed by atoms with Crippen LogP contribution in [0.5, 0.6) is 0 Å². The zero-order valence-electron chi connectivity index (χ0n) is 15.6. The number of carbonyl (C=O) groups is 1. The molecule has 2 amide bonds. The van der Waals surface area contributed by atoms with Crippen molar-refractivity contribution in [3.63, 3.8) is 0 Å². The monoisotopic (exact) mass is 347 g/mol. The molecule has 4 saturated carbocycles. The van der Waals surface area contributed by atoms with E-state index < -0.39 is 6.03 Å². The number of nitrogens with one attached hydrogen (secondary N) is 1. The summed E-state index contributed by atoms with van der Waals surface area (Å²) >= 11 is 0. The number of aliphatic hydroxyl groups excluding tert-OH is 1. The van der Waals surface area contributed by atoms with E-state index in [1.807, 2.05) is 0 Å². The van der Waals surface area contributed by atoms with Crippen molar-refractivity contribution in [2.45, 2.75) is 77.7 Å². The van der Waals surface area contributed by atoms with Crippen molar-refractivity contribution in [2.24, 2.45) is 45.3 Å². The molecule has 0 bridgehead atoms. The second-order valence-corrected chi connectivity index (χ2v) is 9.61. The van der Waals surface area contributed by atoms with Crippen LogP contribution in [-0.4, -0.2) is 23.0 Å². The molecule has 0 aliphatic heterocycles. The number of carbonyl (C=O) groups excluding carboxylic acids is 1. The predicted octanol–water partition coefficient (Wildman–Crippen LogP) is 3.41. The van der Waals surface area contributed by atoms with Gasteiger partial charge in [-0.05, 0) is 86.9 Å². The highest BCUT2D eigenvalue weighted by molar-refractivity contribution is 5.93. The Labute approximate surface area is 150 Å². The molecule has 4 N–H and O–H groups in total. The summed E-state index contributed by atoms with van der Waals surface area (Å²) in [5.74, 6) is 2.95. The fourth-order valence-electron chi connectivity index (χ4n) is 7.33. The van der Waals surface area contributed by atoms with Crippen LogP contribution in [0.3, 0.4) is 0 Å². The van der Waals surface area contributed by atoms with Crippen molar-refractivity contribution in [1.29, 1.82) is 0 Å². The van der Waals surface area contributed by atoms with Crippen molar-refractivity contribution in [2.75, 3.05) is 0 Å². The van der Waals surface area contributed by atoms with Crippen LogP contribution in [-0.2, 0) is 0 Å². The molecule has 0 unspecified atom stereocenters. The third-order valence-corrected chi connectivity index (χ3v) is 8.68. The molecule has 7 atom stereocenters. The average Bonchev–Trinajstić information content (AvgIpc) is 2.90. The van der Waals surface area contributed by atoms with Crippen LogP contribution in [0, 0.1) is 34.5 Å². The van der Waals surface area contributed by atoms with E-state index in [0.717, 1.165) is 36.8 Å². The number of fused-ring (bicyclic) bond motifs is 5. The Bertz CT molecular complexity index is 591. The standard InChI is InChI=1S/C20H33N3O2/c1-19-9-7-13(24)11-12(19)3-4-14-15-5-6-17(22-23-18(21)25)20(15,2)10-8-16(14)19/h12-16,24H,3-11H2,1-2H3,(H3,21,23,25)/b22-17-/t12-,13+,14-,15+,16-,19-,20-/m0/s1. The topological polar surface area (TPSA) is 87.7 Å². The Hall–Kier alpha value is -1.10. The number of hydrogen-bond acceptors (Lipinski definition) is 3. The minimum atomic E-state index is -0.568. The van der Waals surface area contributed by atoms with Crippen molar-refractivity contribution >= 4 is 11.7 Å². The van der Waals surface area contributed by atoms with Gasteiger partial charge in [-0.2, -0.15) is 5.10 Å². The molecule has 0 spiro atoms. The molecule has 5 nitrogen and oxygen atoms in total. The van der Waals surface area contributed by atoms with Crippen LogP contribution < -0.4 is 11.2 Å². The second kappa shape index (κ2) is 5.97. The van der Waals surface area contributed by atoms with Gasteiger partial charge in [-0.25, -0.2) is 10.2 Å². The van der Waals surface area contributed by atoms with Gasteiger partial charge in [0.15, 0.2) is 0 Å². The second-order valence-electron chi connectivity index (χ2n) is 9.61. The molecular weight excluding hydrogens is 314 g/mol. The highest BCUT2D eigenvalue weighted by atomic mass is 16.3. The largest absolute Gasteiger partial charge is 0.393 e. The van der Waals surface area contributed by atoms with Crippen LogP contribution in [0.15, 0.2) is 5.10 Å². The molecule has 25 heavy (non-hydrogen) atoms. The molecule has 0 saturated heterocycles. The van der Waals surface area contributed by atoms with Gasteiger partial charge < -0.3 is 10.8 Å². The van der Waals surface area contributed by atoms with E-state index in [-0.39, 0.29) is 11.5 Å². The summed E-state index contributed by atoms with van der Waals surface area (Å²) in [6.45, 7) is 4.88. The van der Waals surface area contributed by atoms with Gasteiger partial charge in [-0.15, -0.1) is 0 Å². The fourth-order valence-corrected chi connectivity index (χ4v) is 7.33. The number of nitrogens with zero attached hydrogens (tertiary/aromatic N) is 1. The van der Waals surface area contributed by atoms with Crippen molar-refractivity contribution < 1.29 is 9.90 Å². The lowest BCUT2D eigenvalue weighted by Crippen LogP contribution is -2.54. The zero-order chi connectivity index (χ0) is 17.8. The van der Waals surface area contributed by atoms with Gasteiger partial charge in [-0.3, -0.25) is 0 Å². The third kappa shape index (κ3) is 2.61. The first-order valence-electron chi connectivity index (χ1n) is 10.1. The van der Waals surface area contributed by atoms with E-state index in [9.17, 15) is 9.90 Å². The number of hydrogen-bond donors (Lipinski definition) is 3. The Balaban J connectivity index is 1.58.